The highest BCUT2D eigenvalue weighted by Gasteiger charge is 2.35. The molecule has 5 heteroatoms. The lowest BCUT2D eigenvalue weighted by Gasteiger charge is -2.13. The van der Waals surface area contributed by atoms with Crippen molar-refractivity contribution in [3.63, 3.8) is 0 Å². The van der Waals surface area contributed by atoms with Gasteiger partial charge in [0, 0.05) is 27.2 Å². The van der Waals surface area contributed by atoms with E-state index in [-0.39, 0.29) is 10.3 Å². The number of aromatic nitrogens is 1. The topological polar surface area (TPSA) is 12.9 Å². The van der Waals surface area contributed by atoms with Crippen LogP contribution in [0.1, 0.15) is 36.5 Å². The van der Waals surface area contributed by atoms with Crippen LogP contribution in [0, 0.1) is 6.92 Å². The number of aryl methyl sites for hydroxylation is 1. The van der Waals surface area contributed by atoms with Crippen LogP contribution in [0.5, 0.6) is 0 Å². The van der Waals surface area contributed by atoms with Crippen molar-refractivity contribution in [2.75, 3.05) is 0 Å². The van der Waals surface area contributed by atoms with E-state index in [4.69, 9.17) is 0 Å². The van der Waals surface area contributed by atoms with Crippen LogP contribution in [-0.2, 0) is 6.18 Å². The zero-order chi connectivity index (χ0) is 21.9. The molecule has 0 fully saturated rings. The van der Waals surface area contributed by atoms with Crippen LogP contribution in [0.3, 0.4) is 0 Å². The highest BCUT2D eigenvalue weighted by molar-refractivity contribution is 7.26. The quantitative estimate of drug-likeness (QED) is 0.270. The van der Waals surface area contributed by atoms with Crippen molar-refractivity contribution in [3.05, 3.63) is 77.5 Å². The summed E-state index contributed by atoms with van der Waals surface area (Å²) in [6, 6.07) is 17.6. The molecule has 3 aromatic carbocycles. The number of thiophene rings is 1. The summed E-state index contributed by atoms with van der Waals surface area (Å²) < 4.78 is 42.6. The summed E-state index contributed by atoms with van der Waals surface area (Å²) in [7, 11) is 0. The van der Waals surface area contributed by atoms with E-state index < -0.39 is 11.7 Å². The van der Waals surface area contributed by atoms with Gasteiger partial charge in [0.1, 0.15) is 0 Å². The monoisotopic (exact) mass is 435 g/mol. The number of pyridine rings is 1. The lowest BCUT2D eigenvalue weighted by atomic mass is 9.92. The maximum Gasteiger partial charge on any atom is 0.418 e. The third-order valence-electron chi connectivity index (χ3n) is 5.84. The van der Waals surface area contributed by atoms with Gasteiger partial charge >= 0.3 is 6.18 Å². The first-order valence-electron chi connectivity index (χ1n) is 10.2. The van der Waals surface area contributed by atoms with Gasteiger partial charge in [-0.25, -0.2) is 0 Å². The summed E-state index contributed by atoms with van der Waals surface area (Å²) in [5, 5.41) is 3.75. The Bertz CT molecular complexity index is 1460. The van der Waals surface area contributed by atoms with E-state index in [1.54, 1.807) is 18.3 Å². The van der Waals surface area contributed by atoms with Crippen molar-refractivity contribution in [1.82, 2.24) is 4.98 Å². The summed E-state index contributed by atoms with van der Waals surface area (Å²) in [6.45, 7) is 5.82. The Hall–Kier alpha value is -2.92. The van der Waals surface area contributed by atoms with Gasteiger partial charge in [0.15, 0.2) is 0 Å². The number of fused-ring (bicyclic) bond motifs is 4. The highest BCUT2D eigenvalue weighted by atomic mass is 32.1. The van der Waals surface area contributed by atoms with Gasteiger partial charge in [0.2, 0.25) is 0 Å². The third-order valence-corrected chi connectivity index (χ3v) is 7.08. The van der Waals surface area contributed by atoms with Gasteiger partial charge in [0.05, 0.1) is 16.0 Å². The second kappa shape index (κ2) is 7.06. The van der Waals surface area contributed by atoms with Gasteiger partial charge in [-0.15, -0.1) is 11.3 Å². The van der Waals surface area contributed by atoms with Crippen LogP contribution in [0.25, 0.3) is 42.2 Å². The Labute approximate surface area is 182 Å². The Kier molecular flexibility index (Phi) is 4.56. The molecule has 1 nitrogen and oxygen atoms in total. The van der Waals surface area contributed by atoms with E-state index in [9.17, 15) is 13.2 Å². The van der Waals surface area contributed by atoms with Crippen molar-refractivity contribution >= 4 is 42.3 Å². The molecule has 0 aliphatic rings. The number of rotatable bonds is 2. The zero-order valence-electron chi connectivity index (χ0n) is 17.3. The van der Waals surface area contributed by atoms with Crippen LogP contribution in [0.2, 0.25) is 0 Å². The second-order valence-corrected chi connectivity index (χ2v) is 9.23. The second-order valence-electron chi connectivity index (χ2n) is 8.21. The molecule has 0 radical (unpaired) electrons. The molecule has 2 heterocycles. The highest BCUT2D eigenvalue weighted by Crippen LogP contribution is 2.46. The SMILES string of the molecule is Cc1ccc2c(sc3c(-c4cc(C(C)C)c5ccccc5c4)nccc32)c1C(F)(F)F. The van der Waals surface area contributed by atoms with Gasteiger partial charge in [-0.1, -0.05) is 50.2 Å². The maximum absolute atomic E-state index is 13.8. The maximum atomic E-state index is 13.8. The average Bonchev–Trinajstić information content (AvgIpc) is 3.09. The van der Waals surface area contributed by atoms with Crippen LogP contribution in [-0.4, -0.2) is 4.98 Å². The van der Waals surface area contributed by atoms with E-state index in [0.717, 1.165) is 26.7 Å². The molecule has 156 valence electrons. The van der Waals surface area contributed by atoms with Crippen LogP contribution in [0.4, 0.5) is 13.2 Å². The molecule has 0 saturated carbocycles. The number of hydrogen-bond acceptors (Lipinski definition) is 2. The first-order valence-corrected chi connectivity index (χ1v) is 11.0. The van der Waals surface area contributed by atoms with Crippen molar-refractivity contribution in [2.45, 2.75) is 32.9 Å². The average molecular weight is 436 g/mol. The number of halogens is 3. The molecule has 0 amide bonds. The third kappa shape index (κ3) is 3.19. The number of nitrogens with zero attached hydrogens (tertiary/aromatic N) is 1. The molecule has 31 heavy (non-hydrogen) atoms. The zero-order valence-corrected chi connectivity index (χ0v) is 18.2. The molecular formula is C26H20F3NS. The standard InChI is InChI=1S/C26H20F3NS/c1-14(2)21-13-17(12-16-6-4-5-7-18(16)21)23-25-20(10-11-30-23)19-9-8-15(3)22(24(19)31-25)26(27,28)29/h4-14H,1-3H3. The van der Waals surface area contributed by atoms with E-state index >= 15 is 0 Å². The Morgan fingerprint density at radius 2 is 1.61 bits per heavy atom. The van der Waals surface area contributed by atoms with Gasteiger partial charge < -0.3 is 0 Å². The van der Waals surface area contributed by atoms with Crippen molar-refractivity contribution in [3.8, 4) is 11.3 Å². The number of hydrogen-bond donors (Lipinski definition) is 0. The van der Waals surface area contributed by atoms with Crippen molar-refractivity contribution in [2.24, 2.45) is 0 Å². The van der Waals surface area contributed by atoms with E-state index in [1.165, 1.54) is 29.2 Å². The first kappa shape index (κ1) is 20.0. The predicted octanol–water partition coefficient (Wildman–Crippen LogP) is 8.72. The molecule has 0 aliphatic heterocycles. The van der Waals surface area contributed by atoms with Gasteiger partial charge in [-0.3, -0.25) is 4.98 Å². The fourth-order valence-corrected chi connectivity index (χ4v) is 5.80. The van der Waals surface area contributed by atoms with Crippen LogP contribution in [0.15, 0.2) is 60.8 Å². The van der Waals surface area contributed by atoms with Gasteiger partial charge in [-0.05, 0) is 52.9 Å². The first-order chi connectivity index (χ1) is 14.8. The van der Waals surface area contributed by atoms with E-state index in [2.05, 4.69) is 43.1 Å². The molecule has 0 aliphatic carbocycles. The lowest BCUT2D eigenvalue weighted by molar-refractivity contribution is -0.136. The number of benzene rings is 3. The molecule has 0 spiro atoms. The largest absolute Gasteiger partial charge is 0.418 e. The molecular weight excluding hydrogens is 415 g/mol. The molecule has 0 N–H and O–H groups in total. The smallest absolute Gasteiger partial charge is 0.255 e. The summed E-state index contributed by atoms with van der Waals surface area (Å²) in [5.41, 5.74) is 2.58. The molecule has 0 unspecified atom stereocenters. The van der Waals surface area contributed by atoms with E-state index in [0.29, 0.717) is 11.3 Å². The summed E-state index contributed by atoms with van der Waals surface area (Å²) in [5.74, 6) is 0.311. The number of alkyl halides is 3. The van der Waals surface area contributed by atoms with Crippen LogP contribution >= 0.6 is 11.3 Å². The summed E-state index contributed by atoms with van der Waals surface area (Å²) in [6.07, 6.45) is -2.70. The minimum Gasteiger partial charge on any atom is -0.255 e. The van der Waals surface area contributed by atoms with Gasteiger partial charge in [0.25, 0.3) is 0 Å². The fourth-order valence-electron chi connectivity index (χ4n) is 4.38. The Balaban J connectivity index is 1.86. The lowest BCUT2D eigenvalue weighted by Crippen LogP contribution is -2.07. The summed E-state index contributed by atoms with van der Waals surface area (Å²) in [4.78, 5) is 4.62. The normalized spacial score (nSPS) is 12.5. The molecule has 5 rings (SSSR count). The van der Waals surface area contributed by atoms with E-state index in [1.807, 2.05) is 18.2 Å². The Morgan fingerprint density at radius 3 is 2.35 bits per heavy atom. The molecule has 0 atom stereocenters. The van der Waals surface area contributed by atoms with Crippen molar-refractivity contribution in [1.29, 1.82) is 0 Å². The van der Waals surface area contributed by atoms with Crippen LogP contribution < -0.4 is 0 Å². The molecule has 0 bridgehead atoms. The Morgan fingerprint density at radius 1 is 0.871 bits per heavy atom. The van der Waals surface area contributed by atoms with Crippen molar-refractivity contribution < 1.29 is 13.2 Å². The minimum atomic E-state index is -4.40. The van der Waals surface area contributed by atoms with Gasteiger partial charge in [-0.2, -0.15) is 13.2 Å². The molecule has 0 saturated heterocycles. The molecule has 2 aromatic heterocycles. The summed E-state index contributed by atoms with van der Waals surface area (Å²) >= 11 is 1.19. The predicted molar refractivity (Wildman–Crippen MR) is 124 cm³/mol. The fraction of sp³-hybridized carbons (Fsp3) is 0.192. The molecule has 5 aromatic rings. The minimum absolute atomic E-state index is 0.244.